The molecule has 0 N–H and O–H groups in total. The molecule has 3 heterocycles. The molecule has 2 aromatic heterocycles. The standard InChI is InChI=1S/C17H15N5O3/c1-24-13-5-2-4-11(8-13)17(23)22-9-12(10-22)16-20-15(21-25-16)14-18-6-3-7-19-14/h2-8,12H,9-10H2,1H3. The van der Waals surface area contributed by atoms with Gasteiger partial charge in [0.05, 0.1) is 13.0 Å². The molecule has 1 aromatic carbocycles. The molecule has 0 atom stereocenters. The number of aromatic nitrogens is 4. The van der Waals surface area contributed by atoms with Crippen molar-refractivity contribution in [2.45, 2.75) is 5.92 Å². The van der Waals surface area contributed by atoms with Gasteiger partial charge in [0.2, 0.25) is 17.5 Å². The summed E-state index contributed by atoms with van der Waals surface area (Å²) >= 11 is 0. The van der Waals surface area contributed by atoms with Crippen molar-refractivity contribution in [1.82, 2.24) is 25.0 Å². The van der Waals surface area contributed by atoms with E-state index >= 15 is 0 Å². The predicted molar refractivity (Wildman–Crippen MR) is 87.0 cm³/mol. The molecule has 0 unspecified atom stereocenters. The first-order valence-electron chi connectivity index (χ1n) is 7.79. The Morgan fingerprint density at radius 3 is 2.76 bits per heavy atom. The highest BCUT2D eigenvalue weighted by molar-refractivity contribution is 5.95. The third kappa shape index (κ3) is 2.93. The molecule has 1 aliphatic heterocycles. The van der Waals surface area contributed by atoms with Crippen molar-refractivity contribution < 1.29 is 14.1 Å². The first-order chi connectivity index (χ1) is 12.2. The second-order valence-corrected chi connectivity index (χ2v) is 5.67. The van der Waals surface area contributed by atoms with Crippen LogP contribution in [-0.2, 0) is 0 Å². The molecule has 0 spiro atoms. The van der Waals surface area contributed by atoms with Gasteiger partial charge in [0.15, 0.2) is 0 Å². The molecular formula is C17H15N5O3. The number of amides is 1. The number of methoxy groups -OCH3 is 1. The molecule has 126 valence electrons. The Hall–Kier alpha value is -3.29. The van der Waals surface area contributed by atoms with Crippen molar-refractivity contribution in [2.75, 3.05) is 20.2 Å². The smallest absolute Gasteiger partial charge is 0.254 e. The topological polar surface area (TPSA) is 94.2 Å². The fraction of sp³-hybridized carbons (Fsp3) is 0.235. The van der Waals surface area contributed by atoms with Crippen molar-refractivity contribution in [3.8, 4) is 17.4 Å². The molecule has 8 heteroatoms. The predicted octanol–water partition coefficient (Wildman–Crippen LogP) is 1.77. The fourth-order valence-electron chi connectivity index (χ4n) is 2.65. The molecule has 1 saturated heterocycles. The minimum absolute atomic E-state index is 0.0273. The van der Waals surface area contributed by atoms with Gasteiger partial charge in [0.1, 0.15) is 5.75 Å². The second kappa shape index (κ2) is 6.31. The third-order valence-corrected chi connectivity index (χ3v) is 4.04. The summed E-state index contributed by atoms with van der Waals surface area (Å²) in [6.45, 7) is 1.07. The zero-order valence-corrected chi connectivity index (χ0v) is 13.5. The molecule has 0 saturated carbocycles. The molecule has 0 aliphatic carbocycles. The Labute approximate surface area is 143 Å². The lowest BCUT2D eigenvalue weighted by molar-refractivity contribution is 0.0569. The van der Waals surface area contributed by atoms with E-state index in [1.165, 1.54) is 0 Å². The van der Waals surface area contributed by atoms with Crippen LogP contribution in [0.5, 0.6) is 5.75 Å². The maximum absolute atomic E-state index is 12.5. The van der Waals surface area contributed by atoms with Crippen molar-refractivity contribution in [2.24, 2.45) is 0 Å². The van der Waals surface area contributed by atoms with Crippen molar-refractivity contribution in [1.29, 1.82) is 0 Å². The number of hydrogen-bond donors (Lipinski definition) is 0. The van der Waals surface area contributed by atoms with E-state index in [2.05, 4.69) is 20.1 Å². The van der Waals surface area contributed by atoms with Crippen LogP contribution in [0.25, 0.3) is 11.6 Å². The first kappa shape index (κ1) is 15.3. The van der Waals surface area contributed by atoms with Crippen molar-refractivity contribution >= 4 is 5.91 Å². The zero-order valence-electron chi connectivity index (χ0n) is 13.5. The number of benzene rings is 1. The average molecular weight is 337 g/mol. The number of hydrogen-bond acceptors (Lipinski definition) is 7. The SMILES string of the molecule is COc1cccc(C(=O)N2CC(c3nc(-c4ncccn4)no3)C2)c1. The fourth-order valence-corrected chi connectivity index (χ4v) is 2.65. The normalized spacial score (nSPS) is 14.2. The summed E-state index contributed by atoms with van der Waals surface area (Å²) in [5.74, 6) is 1.92. The van der Waals surface area contributed by atoms with E-state index in [1.54, 1.807) is 54.7 Å². The van der Waals surface area contributed by atoms with Crippen LogP contribution < -0.4 is 4.74 Å². The molecule has 8 nitrogen and oxygen atoms in total. The molecular weight excluding hydrogens is 322 g/mol. The van der Waals surface area contributed by atoms with Crippen molar-refractivity contribution in [3.63, 3.8) is 0 Å². The van der Waals surface area contributed by atoms with E-state index < -0.39 is 0 Å². The Kier molecular flexibility index (Phi) is 3.85. The molecule has 25 heavy (non-hydrogen) atoms. The van der Waals surface area contributed by atoms with Gasteiger partial charge in [-0.1, -0.05) is 11.2 Å². The molecule has 1 fully saturated rings. The third-order valence-electron chi connectivity index (χ3n) is 4.04. The van der Waals surface area contributed by atoms with Crippen LogP contribution in [0.4, 0.5) is 0 Å². The molecule has 1 aliphatic rings. The average Bonchev–Trinajstić information content (AvgIpc) is 3.11. The Morgan fingerprint density at radius 1 is 1.20 bits per heavy atom. The van der Waals surface area contributed by atoms with E-state index in [4.69, 9.17) is 9.26 Å². The van der Waals surface area contributed by atoms with Gasteiger partial charge in [-0.3, -0.25) is 4.79 Å². The van der Waals surface area contributed by atoms with Gasteiger partial charge in [0.25, 0.3) is 5.91 Å². The molecule has 0 bridgehead atoms. The lowest BCUT2D eigenvalue weighted by Gasteiger charge is -2.37. The lowest BCUT2D eigenvalue weighted by atomic mass is 9.98. The van der Waals surface area contributed by atoms with E-state index in [0.717, 1.165) is 0 Å². The van der Waals surface area contributed by atoms with Gasteiger partial charge < -0.3 is 14.2 Å². The highest BCUT2D eigenvalue weighted by atomic mass is 16.5. The number of nitrogens with zero attached hydrogens (tertiary/aromatic N) is 5. The van der Waals surface area contributed by atoms with Gasteiger partial charge in [-0.25, -0.2) is 9.97 Å². The van der Waals surface area contributed by atoms with Crippen LogP contribution in [0.1, 0.15) is 22.2 Å². The summed E-state index contributed by atoms with van der Waals surface area (Å²) < 4.78 is 10.5. The van der Waals surface area contributed by atoms with Gasteiger partial charge in [-0.2, -0.15) is 4.98 Å². The van der Waals surface area contributed by atoms with Crippen LogP contribution in [0.3, 0.4) is 0 Å². The highest BCUT2D eigenvalue weighted by Crippen LogP contribution is 2.28. The Balaban J connectivity index is 1.42. The Morgan fingerprint density at radius 2 is 2.00 bits per heavy atom. The van der Waals surface area contributed by atoms with Crippen LogP contribution in [0.2, 0.25) is 0 Å². The van der Waals surface area contributed by atoms with Crippen molar-refractivity contribution in [3.05, 3.63) is 54.2 Å². The monoisotopic (exact) mass is 337 g/mol. The largest absolute Gasteiger partial charge is 0.497 e. The van der Waals surface area contributed by atoms with Crippen LogP contribution >= 0.6 is 0 Å². The van der Waals surface area contributed by atoms with E-state index in [0.29, 0.717) is 41.9 Å². The van der Waals surface area contributed by atoms with E-state index in [9.17, 15) is 4.79 Å². The van der Waals surface area contributed by atoms with Gasteiger partial charge in [0, 0.05) is 31.0 Å². The summed E-state index contributed by atoms with van der Waals surface area (Å²) in [6, 6.07) is 8.83. The molecule has 0 radical (unpaired) electrons. The van der Waals surface area contributed by atoms with E-state index in [1.807, 2.05) is 0 Å². The summed E-state index contributed by atoms with van der Waals surface area (Å²) in [4.78, 5) is 26.7. The Bertz CT molecular complexity index is 890. The maximum Gasteiger partial charge on any atom is 0.254 e. The number of likely N-dealkylation sites (tertiary alicyclic amines) is 1. The second-order valence-electron chi connectivity index (χ2n) is 5.67. The highest BCUT2D eigenvalue weighted by Gasteiger charge is 2.36. The summed E-state index contributed by atoms with van der Waals surface area (Å²) in [5, 5.41) is 3.91. The van der Waals surface area contributed by atoms with E-state index in [-0.39, 0.29) is 11.8 Å². The van der Waals surface area contributed by atoms with Gasteiger partial charge in [-0.15, -0.1) is 0 Å². The van der Waals surface area contributed by atoms with Crippen LogP contribution in [0.15, 0.2) is 47.2 Å². The quantitative estimate of drug-likeness (QED) is 0.716. The zero-order chi connectivity index (χ0) is 17.2. The number of carbonyl (C=O) groups is 1. The number of ether oxygens (including phenoxy) is 1. The first-order valence-corrected chi connectivity index (χ1v) is 7.79. The number of rotatable bonds is 4. The minimum atomic E-state index is -0.0405. The summed E-state index contributed by atoms with van der Waals surface area (Å²) in [7, 11) is 1.58. The van der Waals surface area contributed by atoms with Crippen LogP contribution in [0, 0.1) is 0 Å². The molecule has 1 amide bonds. The molecule has 4 rings (SSSR count). The minimum Gasteiger partial charge on any atom is -0.497 e. The summed E-state index contributed by atoms with van der Waals surface area (Å²) in [5.41, 5.74) is 0.599. The summed E-state index contributed by atoms with van der Waals surface area (Å²) in [6.07, 6.45) is 3.24. The molecule has 3 aromatic rings. The van der Waals surface area contributed by atoms with Gasteiger partial charge in [-0.05, 0) is 24.3 Å². The van der Waals surface area contributed by atoms with Crippen LogP contribution in [-0.4, -0.2) is 51.1 Å². The lowest BCUT2D eigenvalue weighted by Crippen LogP contribution is -2.48. The maximum atomic E-state index is 12.5. The van der Waals surface area contributed by atoms with Gasteiger partial charge >= 0.3 is 0 Å². The number of carbonyl (C=O) groups excluding carboxylic acids is 1.